The van der Waals surface area contributed by atoms with E-state index in [1.54, 1.807) is 0 Å². The molecule has 0 heterocycles. The number of hydrogen-bond acceptors (Lipinski definition) is 3. The molecule has 0 aliphatic heterocycles. The number of nitrogens with zero attached hydrogens (tertiary/aromatic N) is 1. The molecule has 0 unspecified atom stereocenters. The number of benzene rings is 2. The smallest absolute Gasteiger partial charge is 0.217 e. The molecular formula is C17H16NO2-. The summed E-state index contributed by atoms with van der Waals surface area (Å²) in [5, 5.41) is 14.0. The fraction of sp³-hybridized carbons (Fsp3) is 0.118. The predicted octanol–water partition coefficient (Wildman–Crippen LogP) is 4.32. The molecule has 0 saturated carbocycles. The highest BCUT2D eigenvalue weighted by Gasteiger charge is 2.08. The first kappa shape index (κ1) is 13.9. The largest absolute Gasteiger partial charge is 0.789 e. The van der Waals surface area contributed by atoms with Gasteiger partial charge in [-0.3, -0.25) is 5.16 Å². The molecule has 3 heteroatoms. The Morgan fingerprint density at radius 2 is 1.65 bits per heavy atom. The summed E-state index contributed by atoms with van der Waals surface area (Å²) in [5.41, 5.74) is 2.69. The zero-order valence-corrected chi connectivity index (χ0v) is 11.5. The Labute approximate surface area is 118 Å². The number of allylic oxidation sites excluding steroid dienone is 1. The molecule has 0 N–H and O–H groups in total. The van der Waals surface area contributed by atoms with E-state index in [1.165, 1.54) is 0 Å². The minimum atomic E-state index is 0.0713. The van der Waals surface area contributed by atoms with Crippen molar-refractivity contribution in [3.63, 3.8) is 0 Å². The lowest BCUT2D eigenvalue weighted by atomic mass is 10.1. The lowest BCUT2D eigenvalue weighted by Crippen LogP contribution is -2.06. The zero-order valence-electron chi connectivity index (χ0n) is 11.5. The fourth-order valence-electron chi connectivity index (χ4n) is 1.82. The minimum Gasteiger partial charge on any atom is -0.789 e. The molecule has 2 aromatic carbocycles. The Kier molecular flexibility index (Phi) is 4.56. The van der Waals surface area contributed by atoms with Crippen molar-refractivity contribution in [3.8, 4) is 0 Å². The van der Waals surface area contributed by atoms with E-state index in [1.807, 2.05) is 74.5 Å². The fourth-order valence-corrected chi connectivity index (χ4v) is 1.82. The van der Waals surface area contributed by atoms with Crippen molar-refractivity contribution in [2.75, 3.05) is 0 Å². The van der Waals surface area contributed by atoms with Gasteiger partial charge in [-0.25, -0.2) is 0 Å². The standard InChI is InChI=1S/C17H17NO2/c1-3-16(14-7-5-4-6-8-14)20-17(18-19)15-11-9-13(2)10-12-15/h3-12,19H,1-2H3/p-1/b16-3+,18-17+. The van der Waals surface area contributed by atoms with Crippen LogP contribution >= 0.6 is 0 Å². The average molecular weight is 266 g/mol. The topological polar surface area (TPSA) is 44.6 Å². The van der Waals surface area contributed by atoms with Gasteiger partial charge in [-0.1, -0.05) is 48.0 Å². The van der Waals surface area contributed by atoms with Crippen LogP contribution in [-0.4, -0.2) is 5.90 Å². The van der Waals surface area contributed by atoms with Gasteiger partial charge in [0, 0.05) is 11.1 Å². The van der Waals surface area contributed by atoms with Crippen molar-refractivity contribution in [2.45, 2.75) is 13.8 Å². The molecule has 3 nitrogen and oxygen atoms in total. The predicted molar refractivity (Wildman–Crippen MR) is 82.3 cm³/mol. The van der Waals surface area contributed by atoms with E-state index in [4.69, 9.17) is 4.74 Å². The van der Waals surface area contributed by atoms with Gasteiger partial charge in [0.05, 0.1) is 0 Å². The monoisotopic (exact) mass is 266 g/mol. The van der Waals surface area contributed by atoms with Crippen LogP contribution in [0, 0.1) is 12.1 Å². The Balaban J connectivity index is 2.24. The van der Waals surface area contributed by atoms with E-state index in [9.17, 15) is 5.21 Å². The van der Waals surface area contributed by atoms with Crippen LogP contribution in [0.15, 0.2) is 65.8 Å². The third-order valence-electron chi connectivity index (χ3n) is 2.91. The summed E-state index contributed by atoms with van der Waals surface area (Å²) in [5.74, 6) is 0.683. The van der Waals surface area contributed by atoms with E-state index >= 15 is 0 Å². The molecule has 20 heavy (non-hydrogen) atoms. The molecule has 0 spiro atoms. The third-order valence-corrected chi connectivity index (χ3v) is 2.91. The number of rotatable bonds is 3. The molecule has 0 bridgehead atoms. The highest BCUT2D eigenvalue weighted by atomic mass is 16.5. The van der Waals surface area contributed by atoms with Crippen molar-refractivity contribution in [1.82, 2.24) is 0 Å². The summed E-state index contributed by atoms with van der Waals surface area (Å²) in [6.07, 6.45) is 1.81. The summed E-state index contributed by atoms with van der Waals surface area (Å²) in [7, 11) is 0. The first-order valence-corrected chi connectivity index (χ1v) is 6.41. The number of ether oxygens (including phenoxy) is 1. The molecule has 0 aliphatic carbocycles. The first-order chi connectivity index (χ1) is 9.74. The van der Waals surface area contributed by atoms with Gasteiger partial charge in [-0.2, -0.15) is 0 Å². The normalized spacial score (nSPS) is 12.3. The summed E-state index contributed by atoms with van der Waals surface area (Å²) >= 11 is 0. The highest BCUT2D eigenvalue weighted by Crippen LogP contribution is 2.18. The van der Waals surface area contributed by atoms with Crippen LogP contribution in [0.1, 0.15) is 23.6 Å². The van der Waals surface area contributed by atoms with Gasteiger partial charge in [-0.05, 0) is 32.1 Å². The number of aryl methyl sites for hydroxylation is 1. The molecule has 2 rings (SSSR count). The molecule has 2 aromatic rings. The Bertz CT molecular complexity index is 613. The molecular weight excluding hydrogens is 250 g/mol. The van der Waals surface area contributed by atoms with E-state index in [2.05, 4.69) is 5.16 Å². The molecule has 0 radical (unpaired) electrons. The lowest BCUT2D eigenvalue weighted by Gasteiger charge is -2.14. The van der Waals surface area contributed by atoms with Crippen LogP contribution in [0.3, 0.4) is 0 Å². The van der Waals surface area contributed by atoms with E-state index in [0.29, 0.717) is 11.3 Å². The molecule has 0 aromatic heterocycles. The quantitative estimate of drug-likeness (QED) is 0.359. The van der Waals surface area contributed by atoms with Gasteiger partial charge in [0.2, 0.25) is 5.90 Å². The Hall–Kier alpha value is -2.55. The van der Waals surface area contributed by atoms with Crippen molar-refractivity contribution in [3.05, 3.63) is 82.6 Å². The van der Waals surface area contributed by atoms with E-state index in [0.717, 1.165) is 11.1 Å². The zero-order chi connectivity index (χ0) is 14.4. The third kappa shape index (κ3) is 3.26. The van der Waals surface area contributed by atoms with Crippen LogP contribution < -0.4 is 0 Å². The van der Waals surface area contributed by atoms with Crippen LogP contribution in [0.25, 0.3) is 5.76 Å². The van der Waals surface area contributed by atoms with Gasteiger partial charge < -0.3 is 9.94 Å². The van der Waals surface area contributed by atoms with E-state index in [-0.39, 0.29) is 5.90 Å². The Morgan fingerprint density at radius 1 is 1.00 bits per heavy atom. The van der Waals surface area contributed by atoms with Gasteiger partial charge in [-0.15, -0.1) is 0 Å². The van der Waals surface area contributed by atoms with E-state index < -0.39 is 0 Å². The molecule has 102 valence electrons. The van der Waals surface area contributed by atoms with Crippen molar-refractivity contribution >= 4 is 11.7 Å². The van der Waals surface area contributed by atoms with Crippen molar-refractivity contribution in [1.29, 1.82) is 0 Å². The van der Waals surface area contributed by atoms with Crippen LogP contribution in [0.5, 0.6) is 0 Å². The van der Waals surface area contributed by atoms with Crippen LogP contribution in [-0.2, 0) is 4.74 Å². The maximum atomic E-state index is 11.0. The van der Waals surface area contributed by atoms with Crippen LogP contribution in [0.4, 0.5) is 0 Å². The molecule has 0 aliphatic rings. The number of hydrogen-bond donors (Lipinski definition) is 0. The van der Waals surface area contributed by atoms with Gasteiger partial charge in [0.1, 0.15) is 5.76 Å². The van der Waals surface area contributed by atoms with Crippen LogP contribution in [0.2, 0.25) is 0 Å². The van der Waals surface area contributed by atoms with Gasteiger partial charge >= 0.3 is 0 Å². The van der Waals surface area contributed by atoms with Crippen molar-refractivity contribution < 1.29 is 4.74 Å². The highest BCUT2D eigenvalue weighted by molar-refractivity contribution is 5.97. The maximum Gasteiger partial charge on any atom is 0.217 e. The maximum absolute atomic E-state index is 11.0. The molecule has 0 atom stereocenters. The molecule has 0 fully saturated rings. The van der Waals surface area contributed by atoms with Gasteiger partial charge in [0.15, 0.2) is 0 Å². The Morgan fingerprint density at radius 3 is 2.20 bits per heavy atom. The summed E-state index contributed by atoms with van der Waals surface area (Å²) < 4.78 is 5.66. The second-order valence-corrected chi connectivity index (χ2v) is 4.38. The summed E-state index contributed by atoms with van der Waals surface area (Å²) in [6.45, 7) is 3.85. The molecule has 0 saturated heterocycles. The summed E-state index contributed by atoms with van der Waals surface area (Å²) in [6, 6.07) is 17.1. The first-order valence-electron chi connectivity index (χ1n) is 6.41. The second kappa shape index (κ2) is 6.57. The summed E-state index contributed by atoms with van der Waals surface area (Å²) in [4.78, 5) is 0. The SMILES string of the molecule is C/C=C(/O/C(=N/[O-])c1ccc(C)cc1)c1ccccc1. The second-order valence-electron chi connectivity index (χ2n) is 4.38. The van der Waals surface area contributed by atoms with Crippen molar-refractivity contribution in [2.24, 2.45) is 5.16 Å². The molecule has 0 amide bonds. The average Bonchev–Trinajstić information content (AvgIpc) is 2.51. The van der Waals surface area contributed by atoms with Gasteiger partial charge in [0.25, 0.3) is 0 Å². The lowest BCUT2D eigenvalue weighted by molar-refractivity contribution is 0.508. The minimum absolute atomic E-state index is 0.0713.